The van der Waals surface area contributed by atoms with E-state index in [1.165, 1.54) is 48.4 Å². The van der Waals surface area contributed by atoms with Crippen molar-refractivity contribution in [3.8, 4) is 0 Å². The molecule has 0 amide bonds. The van der Waals surface area contributed by atoms with Gasteiger partial charge in [0.1, 0.15) is 0 Å². The highest BCUT2D eigenvalue weighted by molar-refractivity contribution is 14.0. The predicted octanol–water partition coefficient (Wildman–Crippen LogP) is 3.92. The number of benzene rings is 1. The number of nitrogens with zero attached hydrogens (tertiary/aromatic N) is 3. The van der Waals surface area contributed by atoms with Crippen molar-refractivity contribution in [2.45, 2.75) is 45.8 Å². The summed E-state index contributed by atoms with van der Waals surface area (Å²) in [5.41, 5.74) is 2.67. The monoisotopic (exact) mass is 499 g/mol. The van der Waals surface area contributed by atoms with Gasteiger partial charge in [0.15, 0.2) is 5.96 Å². The average molecular weight is 499 g/mol. The fourth-order valence-electron chi connectivity index (χ4n) is 3.20. The zero-order chi connectivity index (χ0) is 18.2. The van der Waals surface area contributed by atoms with E-state index in [2.05, 4.69) is 49.8 Å². The smallest absolute Gasteiger partial charge is 0.191 e. The van der Waals surface area contributed by atoms with Gasteiger partial charge >= 0.3 is 0 Å². The van der Waals surface area contributed by atoms with Crippen LogP contribution in [0.1, 0.15) is 40.3 Å². The Hall–Kier alpha value is -1.19. The molecule has 0 unspecified atom stereocenters. The third kappa shape index (κ3) is 7.38. The van der Waals surface area contributed by atoms with Gasteiger partial charge in [-0.3, -0.25) is 9.89 Å². The molecule has 1 saturated heterocycles. The second-order valence-electron chi connectivity index (χ2n) is 6.78. The quantitative estimate of drug-likeness (QED) is 0.360. The largest absolute Gasteiger partial charge is 0.352 e. The van der Waals surface area contributed by atoms with Crippen LogP contribution in [0.25, 0.3) is 0 Å². The molecule has 1 aliphatic rings. The van der Waals surface area contributed by atoms with E-state index in [0.29, 0.717) is 0 Å². The van der Waals surface area contributed by atoms with Crippen molar-refractivity contribution in [1.82, 2.24) is 20.5 Å². The summed E-state index contributed by atoms with van der Waals surface area (Å²) in [6, 6.07) is 8.93. The van der Waals surface area contributed by atoms with Gasteiger partial charge in [0.05, 0.1) is 11.6 Å². The predicted molar refractivity (Wildman–Crippen MR) is 125 cm³/mol. The normalized spacial score (nSPS) is 15.3. The van der Waals surface area contributed by atoms with Crippen LogP contribution in [0, 0.1) is 6.92 Å². The molecular weight excluding hydrogens is 469 g/mol. The minimum Gasteiger partial charge on any atom is -0.352 e. The second-order valence-corrected chi connectivity index (χ2v) is 8.10. The number of hydrogen-bond donors (Lipinski definition) is 2. The Labute approximate surface area is 183 Å². The van der Waals surface area contributed by atoms with E-state index in [0.717, 1.165) is 30.6 Å². The van der Waals surface area contributed by atoms with Gasteiger partial charge in [-0.1, -0.05) is 30.7 Å². The molecule has 1 fully saturated rings. The lowest BCUT2D eigenvalue weighted by Gasteiger charge is -2.26. The van der Waals surface area contributed by atoms with Gasteiger partial charge in [-0.05, 0) is 44.0 Å². The van der Waals surface area contributed by atoms with Crippen molar-refractivity contribution >= 4 is 41.3 Å². The Bertz CT molecular complexity index is 707. The van der Waals surface area contributed by atoms with Crippen LogP contribution in [0.3, 0.4) is 0 Å². The van der Waals surface area contributed by atoms with Gasteiger partial charge in [-0.15, -0.1) is 35.3 Å². The molecule has 0 bridgehead atoms. The van der Waals surface area contributed by atoms with Crippen LogP contribution in [0.15, 0.2) is 35.5 Å². The number of nitrogens with one attached hydrogen (secondary N) is 2. The maximum Gasteiger partial charge on any atom is 0.191 e. The number of hydrogen-bond acceptors (Lipinski definition) is 4. The molecule has 1 aliphatic heterocycles. The van der Waals surface area contributed by atoms with Crippen LogP contribution in [0.4, 0.5) is 0 Å². The third-order valence-corrected chi connectivity index (χ3v) is 5.57. The molecule has 0 saturated carbocycles. The molecule has 2 heterocycles. The summed E-state index contributed by atoms with van der Waals surface area (Å²) >= 11 is 1.71. The van der Waals surface area contributed by atoms with E-state index in [-0.39, 0.29) is 24.0 Å². The number of aryl methyl sites for hydroxylation is 1. The number of halogens is 1. The first kappa shape index (κ1) is 22.1. The third-order valence-electron chi connectivity index (χ3n) is 4.66. The van der Waals surface area contributed by atoms with E-state index in [4.69, 9.17) is 0 Å². The van der Waals surface area contributed by atoms with Crippen LogP contribution < -0.4 is 10.6 Å². The highest BCUT2D eigenvalue weighted by atomic mass is 127. The molecule has 5 nitrogen and oxygen atoms in total. The maximum atomic E-state index is 4.29. The van der Waals surface area contributed by atoms with E-state index < -0.39 is 0 Å². The first-order valence-corrected chi connectivity index (χ1v) is 10.2. The SMILES string of the molecule is CN=C(NCc1ccc(CN2CCCCC2)cc1)NCc1cnc(C)s1.I. The highest BCUT2D eigenvalue weighted by Crippen LogP contribution is 2.14. The molecule has 1 aromatic heterocycles. The molecule has 0 spiro atoms. The molecular formula is C20H30IN5S. The molecule has 0 atom stereocenters. The van der Waals surface area contributed by atoms with E-state index in [9.17, 15) is 0 Å². The molecule has 3 rings (SSSR count). The Morgan fingerprint density at radius 3 is 2.37 bits per heavy atom. The van der Waals surface area contributed by atoms with Crippen molar-refractivity contribution in [1.29, 1.82) is 0 Å². The van der Waals surface area contributed by atoms with E-state index in [1.54, 1.807) is 18.4 Å². The van der Waals surface area contributed by atoms with Crippen molar-refractivity contribution in [2.24, 2.45) is 4.99 Å². The number of rotatable bonds is 6. The van der Waals surface area contributed by atoms with Crippen LogP contribution in [0.2, 0.25) is 0 Å². The summed E-state index contributed by atoms with van der Waals surface area (Å²) in [4.78, 5) is 12.3. The lowest BCUT2D eigenvalue weighted by Crippen LogP contribution is -2.36. The molecule has 0 radical (unpaired) electrons. The standard InChI is InChI=1S/C20H29N5S.HI/c1-16-22-13-19(26-16)14-24-20(21-2)23-12-17-6-8-18(9-7-17)15-25-10-4-3-5-11-25;/h6-9,13H,3-5,10-12,14-15H2,1-2H3,(H2,21,23,24);1H. The van der Waals surface area contributed by atoms with Crippen LogP contribution >= 0.6 is 35.3 Å². The summed E-state index contributed by atoms with van der Waals surface area (Å²) in [5, 5.41) is 7.81. The lowest BCUT2D eigenvalue weighted by atomic mass is 10.1. The number of thiazole rings is 1. The second kappa shape index (κ2) is 11.6. The molecule has 0 aliphatic carbocycles. The average Bonchev–Trinajstić information content (AvgIpc) is 3.09. The number of likely N-dealkylation sites (tertiary alicyclic amines) is 1. The summed E-state index contributed by atoms with van der Waals surface area (Å²) in [5.74, 6) is 0.813. The molecule has 1 aromatic carbocycles. The molecule has 148 valence electrons. The van der Waals surface area contributed by atoms with Crippen LogP contribution in [-0.2, 0) is 19.6 Å². The minimum absolute atomic E-state index is 0. The number of guanidine groups is 1. The van der Waals surface area contributed by atoms with E-state index >= 15 is 0 Å². The molecule has 2 aromatic rings. The zero-order valence-corrected chi connectivity index (χ0v) is 19.3. The zero-order valence-electron chi connectivity index (χ0n) is 16.2. The molecule has 7 heteroatoms. The van der Waals surface area contributed by atoms with Gasteiger partial charge in [0, 0.05) is 31.2 Å². The fourth-order valence-corrected chi connectivity index (χ4v) is 3.94. The molecule has 27 heavy (non-hydrogen) atoms. The first-order chi connectivity index (χ1) is 12.7. The number of aromatic nitrogens is 1. The van der Waals surface area contributed by atoms with Gasteiger partial charge in [0.25, 0.3) is 0 Å². The van der Waals surface area contributed by atoms with Crippen molar-refractivity contribution < 1.29 is 0 Å². The van der Waals surface area contributed by atoms with Crippen LogP contribution in [0.5, 0.6) is 0 Å². The lowest BCUT2D eigenvalue weighted by molar-refractivity contribution is 0.221. The van der Waals surface area contributed by atoms with Crippen molar-refractivity contribution in [3.05, 3.63) is 51.5 Å². The van der Waals surface area contributed by atoms with Gasteiger partial charge in [-0.2, -0.15) is 0 Å². The Balaban J connectivity index is 0.00000261. The van der Waals surface area contributed by atoms with Gasteiger partial charge in [-0.25, -0.2) is 4.98 Å². The Morgan fingerprint density at radius 2 is 1.74 bits per heavy atom. The molecule has 2 N–H and O–H groups in total. The first-order valence-electron chi connectivity index (χ1n) is 9.39. The summed E-state index contributed by atoms with van der Waals surface area (Å²) in [6.45, 7) is 7.10. The minimum atomic E-state index is 0. The van der Waals surface area contributed by atoms with Crippen LogP contribution in [-0.4, -0.2) is 36.0 Å². The van der Waals surface area contributed by atoms with Gasteiger partial charge < -0.3 is 10.6 Å². The summed E-state index contributed by atoms with van der Waals surface area (Å²) in [6.07, 6.45) is 5.99. The summed E-state index contributed by atoms with van der Waals surface area (Å²) < 4.78 is 0. The number of piperidine rings is 1. The topological polar surface area (TPSA) is 52.6 Å². The van der Waals surface area contributed by atoms with Crippen molar-refractivity contribution in [3.63, 3.8) is 0 Å². The van der Waals surface area contributed by atoms with E-state index in [1.807, 2.05) is 13.1 Å². The van der Waals surface area contributed by atoms with Crippen molar-refractivity contribution in [2.75, 3.05) is 20.1 Å². The maximum absolute atomic E-state index is 4.29. The Kier molecular flexibility index (Phi) is 9.50. The number of aliphatic imine (C=N–C) groups is 1. The Morgan fingerprint density at radius 1 is 1.07 bits per heavy atom. The summed E-state index contributed by atoms with van der Waals surface area (Å²) in [7, 11) is 1.80. The highest BCUT2D eigenvalue weighted by Gasteiger charge is 2.10. The van der Waals surface area contributed by atoms with Gasteiger partial charge in [0.2, 0.25) is 0 Å². The fraction of sp³-hybridized carbons (Fsp3) is 0.500.